The van der Waals surface area contributed by atoms with Crippen molar-refractivity contribution in [1.82, 2.24) is 9.78 Å². The van der Waals surface area contributed by atoms with Crippen molar-refractivity contribution in [1.29, 1.82) is 5.26 Å². The van der Waals surface area contributed by atoms with Gasteiger partial charge in [0.1, 0.15) is 22.6 Å². The molecule has 0 atom stereocenters. The van der Waals surface area contributed by atoms with Crippen LogP contribution in [-0.2, 0) is 16.0 Å². The molecule has 11 heteroatoms. The summed E-state index contributed by atoms with van der Waals surface area (Å²) in [5.41, 5.74) is 8.06. The van der Waals surface area contributed by atoms with E-state index in [1.54, 1.807) is 77.7 Å². The summed E-state index contributed by atoms with van der Waals surface area (Å²) in [6.07, 6.45) is 1.78. The molecule has 0 fully saturated rings. The van der Waals surface area contributed by atoms with Gasteiger partial charge in [0.2, 0.25) is 0 Å². The normalized spacial score (nSPS) is 15.2. The third-order valence-electron chi connectivity index (χ3n) is 5.96. The molecule has 0 aliphatic carbocycles. The number of methoxy groups -OCH3 is 1. The average molecular weight is 590 g/mol. The number of carbonyl (C=O) groups is 2. The van der Waals surface area contributed by atoms with E-state index >= 15 is 0 Å². The van der Waals surface area contributed by atoms with Gasteiger partial charge in [0.15, 0.2) is 5.17 Å². The molecule has 0 unspecified atom stereocenters. The Bertz CT molecular complexity index is 1590. The highest BCUT2D eigenvalue weighted by atomic mass is 32.3. The SMILES string of the molecule is COc1ccc(Cn2cc(C3=CS(C(=O)OC(C)(C)C)(C(=O)OC(C)(C)C)C(N)=N3)c(-c3cccc(C#N)c3)n2)cc1. The lowest BCUT2D eigenvalue weighted by molar-refractivity contribution is 0.0686. The van der Waals surface area contributed by atoms with Crippen LogP contribution in [0.15, 0.2) is 65.1 Å². The minimum absolute atomic E-state index is 0.180. The van der Waals surface area contributed by atoms with E-state index in [9.17, 15) is 14.9 Å². The van der Waals surface area contributed by atoms with Crippen LogP contribution in [0.5, 0.6) is 5.75 Å². The predicted molar refractivity (Wildman–Crippen MR) is 164 cm³/mol. The number of hydrogen-bond acceptors (Lipinski definition) is 9. The molecule has 0 spiro atoms. The Balaban J connectivity index is 1.87. The van der Waals surface area contributed by atoms with Crippen molar-refractivity contribution in [3.8, 4) is 23.1 Å². The van der Waals surface area contributed by atoms with E-state index in [4.69, 9.17) is 25.0 Å². The molecular formula is C31H35N5O5S. The van der Waals surface area contributed by atoms with Crippen LogP contribution in [0.4, 0.5) is 9.59 Å². The van der Waals surface area contributed by atoms with E-state index in [-0.39, 0.29) is 10.9 Å². The lowest BCUT2D eigenvalue weighted by Crippen LogP contribution is -2.37. The van der Waals surface area contributed by atoms with Gasteiger partial charge in [-0.3, -0.25) is 4.68 Å². The van der Waals surface area contributed by atoms with Crippen LogP contribution < -0.4 is 10.5 Å². The lowest BCUT2D eigenvalue weighted by Gasteiger charge is -2.33. The van der Waals surface area contributed by atoms with Gasteiger partial charge in [-0.15, -0.1) is 0 Å². The van der Waals surface area contributed by atoms with E-state index in [0.29, 0.717) is 28.9 Å². The van der Waals surface area contributed by atoms with E-state index in [2.05, 4.69) is 11.1 Å². The predicted octanol–water partition coefficient (Wildman–Crippen LogP) is 6.78. The maximum atomic E-state index is 13.7. The van der Waals surface area contributed by atoms with Gasteiger partial charge in [0.25, 0.3) is 0 Å². The van der Waals surface area contributed by atoms with Crippen LogP contribution >= 0.6 is 10.0 Å². The Labute approximate surface area is 247 Å². The number of ether oxygens (including phenoxy) is 3. The topological polar surface area (TPSA) is 142 Å². The second-order valence-corrected chi connectivity index (χ2v) is 14.3. The molecule has 0 radical (unpaired) electrons. The van der Waals surface area contributed by atoms with Crippen molar-refractivity contribution in [3.05, 3.63) is 76.8 Å². The summed E-state index contributed by atoms with van der Waals surface area (Å²) >= 11 is 0. The number of aliphatic imine (C=N–C) groups is 1. The first-order valence-corrected chi connectivity index (χ1v) is 14.9. The van der Waals surface area contributed by atoms with Crippen LogP contribution in [0, 0.1) is 11.3 Å². The van der Waals surface area contributed by atoms with Gasteiger partial charge in [-0.2, -0.15) is 10.4 Å². The average Bonchev–Trinajstić information content (AvgIpc) is 3.49. The molecule has 0 saturated heterocycles. The number of aromatic nitrogens is 2. The Hall–Kier alpha value is -4.56. The number of nitriles is 1. The fourth-order valence-corrected chi connectivity index (χ4v) is 6.40. The zero-order valence-corrected chi connectivity index (χ0v) is 25.6. The van der Waals surface area contributed by atoms with Gasteiger partial charge in [0, 0.05) is 32.8 Å². The summed E-state index contributed by atoms with van der Waals surface area (Å²) < 4.78 is 18.4. The third kappa shape index (κ3) is 6.50. The van der Waals surface area contributed by atoms with E-state index in [0.717, 1.165) is 11.3 Å². The third-order valence-corrected chi connectivity index (χ3v) is 8.51. The Morgan fingerprint density at radius 1 is 1.00 bits per heavy atom. The zero-order valence-electron chi connectivity index (χ0n) is 24.8. The highest BCUT2D eigenvalue weighted by Gasteiger charge is 2.51. The Morgan fingerprint density at radius 3 is 2.17 bits per heavy atom. The van der Waals surface area contributed by atoms with Gasteiger partial charge < -0.3 is 19.9 Å². The van der Waals surface area contributed by atoms with E-state index < -0.39 is 31.8 Å². The number of carbonyl (C=O) groups excluding carboxylic acids is 2. The van der Waals surface area contributed by atoms with Crippen LogP contribution in [0.2, 0.25) is 0 Å². The highest BCUT2D eigenvalue weighted by molar-refractivity contribution is 8.66. The number of amidine groups is 1. The largest absolute Gasteiger partial charge is 0.497 e. The van der Waals surface area contributed by atoms with Gasteiger partial charge in [-0.05, 0) is 71.4 Å². The number of benzene rings is 2. The fourth-order valence-electron chi connectivity index (χ4n) is 4.09. The highest BCUT2D eigenvalue weighted by Crippen LogP contribution is 2.60. The standard InChI is InChI=1S/C31H35N5O5S/c1-30(2,3)40-28(37)42(29(38)41-31(4,5)6)19-25(34-27(42)33)24-18-36(17-20-11-13-23(39-7)14-12-20)35-26(24)22-10-8-9-21(15-22)16-32/h8-15,18-19H,17H2,1-7H3,(H2,33,34). The molecule has 1 aromatic heterocycles. The molecule has 10 nitrogen and oxygen atoms in total. The van der Waals surface area contributed by atoms with Crippen LogP contribution in [-0.4, -0.2) is 43.9 Å². The molecule has 1 aliphatic heterocycles. The maximum absolute atomic E-state index is 13.7. The second kappa shape index (κ2) is 11.4. The van der Waals surface area contributed by atoms with Gasteiger partial charge in [0.05, 0.1) is 31.0 Å². The van der Waals surface area contributed by atoms with Crippen LogP contribution in [0.25, 0.3) is 17.0 Å². The molecule has 0 saturated carbocycles. The van der Waals surface area contributed by atoms with E-state index in [1.807, 2.05) is 30.3 Å². The molecule has 0 bridgehead atoms. The molecule has 220 valence electrons. The van der Waals surface area contributed by atoms with Gasteiger partial charge >= 0.3 is 10.6 Å². The minimum atomic E-state index is -3.29. The van der Waals surface area contributed by atoms with Crippen molar-refractivity contribution < 1.29 is 23.8 Å². The first-order valence-electron chi connectivity index (χ1n) is 13.2. The van der Waals surface area contributed by atoms with Crippen LogP contribution in [0.1, 0.15) is 58.2 Å². The summed E-state index contributed by atoms with van der Waals surface area (Å²) in [6, 6.07) is 16.7. The molecule has 42 heavy (non-hydrogen) atoms. The first kappa shape index (κ1) is 30.4. The zero-order chi connectivity index (χ0) is 30.9. The first-order chi connectivity index (χ1) is 19.6. The molecular weight excluding hydrogens is 554 g/mol. The summed E-state index contributed by atoms with van der Waals surface area (Å²) in [5.74, 6) is 0.735. The number of nitrogens with zero attached hydrogens (tertiary/aromatic N) is 4. The maximum Gasteiger partial charge on any atom is 0.370 e. The molecule has 2 heterocycles. The van der Waals surface area contributed by atoms with Gasteiger partial charge in [-0.25, -0.2) is 14.6 Å². The minimum Gasteiger partial charge on any atom is -0.497 e. The van der Waals surface area contributed by atoms with Crippen molar-refractivity contribution in [2.24, 2.45) is 10.7 Å². The summed E-state index contributed by atoms with van der Waals surface area (Å²) in [7, 11) is -1.68. The Morgan fingerprint density at radius 2 is 1.62 bits per heavy atom. The quantitative estimate of drug-likeness (QED) is 0.321. The van der Waals surface area contributed by atoms with E-state index in [1.165, 1.54) is 5.41 Å². The van der Waals surface area contributed by atoms with Crippen molar-refractivity contribution >= 4 is 31.5 Å². The monoisotopic (exact) mass is 589 g/mol. The number of rotatable bonds is 5. The number of hydrogen-bond donors (Lipinski definition) is 1. The summed E-state index contributed by atoms with van der Waals surface area (Å²) in [6.45, 7) is 10.7. The molecule has 0 amide bonds. The molecule has 1 aliphatic rings. The van der Waals surface area contributed by atoms with Crippen molar-refractivity contribution in [2.75, 3.05) is 7.11 Å². The van der Waals surface area contributed by atoms with Gasteiger partial charge in [-0.1, -0.05) is 24.3 Å². The second-order valence-electron chi connectivity index (χ2n) is 11.7. The summed E-state index contributed by atoms with van der Waals surface area (Å²) in [5, 5.41) is 14.0. The Kier molecular flexibility index (Phi) is 8.23. The molecule has 2 aromatic carbocycles. The summed E-state index contributed by atoms with van der Waals surface area (Å²) in [4.78, 5) is 31.9. The lowest BCUT2D eigenvalue weighted by atomic mass is 10.0. The smallest absolute Gasteiger partial charge is 0.370 e. The fraction of sp³-hybridized carbons (Fsp3) is 0.323. The van der Waals surface area contributed by atoms with Crippen LogP contribution in [0.3, 0.4) is 0 Å². The molecule has 2 N–H and O–H groups in total. The van der Waals surface area contributed by atoms with Crippen molar-refractivity contribution in [2.45, 2.75) is 59.3 Å². The van der Waals surface area contributed by atoms with Crippen molar-refractivity contribution in [3.63, 3.8) is 0 Å². The molecule has 3 aromatic rings. The molecule has 4 rings (SSSR count). The number of nitrogens with two attached hydrogens (primary N) is 1.